The van der Waals surface area contributed by atoms with Crippen molar-refractivity contribution in [2.24, 2.45) is 5.92 Å². The summed E-state index contributed by atoms with van der Waals surface area (Å²) >= 11 is 0. The second-order valence-electron chi connectivity index (χ2n) is 6.81. The van der Waals surface area contributed by atoms with Gasteiger partial charge in [-0.15, -0.1) is 0 Å². The summed E-state index contributed by atoms with van der Waals surface area (Å²) in [6, 6.07) is 8.62. The average Bonchev–Trinajstić information content (AvgIpc) is 3.54. The predicted octanol–water partition coefficient (Wildman–Crippen LogP) is 2.66. The molecular weight excluding hydrogens is 358 g/mol. The van der Waals surface area contributed by atoms with Crippen molar-refractivity contribution >= 4 is 23.5 Å². The molecule has 0 aliphatic heterocycles. The Labute approximate surface area is 163 Å². The lowest BCUT2D eigenvalue weighted by atomic mass is 10.0. The van der Waals surface area contributed by atoms with Crippen LogP contribution in [0.5, 0.6) is 0 Å². The molecule has 0 spiro atoms. The van der Waals surface area contributed by atoms with E-state index in [0.717, 1.165) is 12.8 Å². The number of hydrogen-bond donors (Lipinski definition) is 1. The maximum atomic E-state index is 12.4. The molecule has 0 saturated heterocycles. The van der Waals surface area contributed by atoms with E-state index in [1.54, 1.807) is 36.2 Å². The first kappa shape index (κ1) is 19.5. The predicted molar refractivity (Wildman–Crippen MR) is 105 cm³/mol. The highest BCUT2D eigenvalue weighted by Gasteiger charge is 2.29. The van der Waals surface area contributed by atoms with Crippen molar-refractivity contribution in [1.29, 1.82) is 0 Å². The monoisotopic (exact) mass is 381 g/mol. The van der Waals surface area contributed by atoms with E-state index in [1.807, 2.05) is 6.07 Å². The number of hydrogen-bond acceptors (Lipinski definition) is 5. The van der Waals surface area contributed by atoms with Gasteiger partial charge in [0.2, 0.25) is 5.91 Å². The first-order chi connectivity index (χ1) is 13.4. The largest absolute Gasteiger partial charge is 0.465 e. The van der Waals surface area contributed by atoms with Crippen LogP contribution in [0.2, 0.25) is 0 Å². The molecule has 1 fully saturated rings. The molecule has 7 heteroatoms. The molecule has 2 amide bonds. The zero-order chi connectivity index (χ0) is 20.3. The van der Waals surface area contributed by atoms with Gasteiger partial charge in [0.15, 0.2) is 0 Å². The summed E-state index contributed by atoms with van der Waals surface area (Å²) in [5.41, 5.74) is 2.61. The first-order valence-corrected chi connectivity index (χ1v) is 9.13. The van der Waals surface area contributed by atoms with Crippen molar-refractivity contribution in [2.45, 2.75) is 19.8 Å². The van der Waals surface area contributed by atoms with Crippen LogP contribution in [0.3, 0.4) is 0 Å². The van der Waals surface area contributed by atoms with E-state index in [4.69, 9.17) is 4.74 Å². The Hall–Kier alpha value is -3.22. The fourth-order valence-electron chi connectivity index (χ4n) is 3.00. The third-order valence-corrected chi connectivity index (χ3v) is 4.76. The summed E-state index contributed by atoms with van der Waals surface area (Å²) in [6.45, 7) is 2.09. The highest BCUT2D eigenvalue weighted by molar-refractivity contribution is 6.03. The number of esters is 1. The maximum absolute atomic E-state index is 12.4. The maximum Gasteiger partial charge on any atom is 0.340 e. The molecule has 7 nitrogen and oxygen atoms in total. The Balaban J connectivity index is 1.99. The van der Waals surface area contributed by atoms with Crippen molar-refractivity contribution < 1.29 is 19.1 Å². The van der Waals surface area contributed by atoms with Crippen LogP contribution in [0.25, 0.3) is 11.3 Å². The first-order valence-electron chi connectivity index (χ1n) is 9.13. The standard InChI is InChI=1S/C21H23N3O4/c1-13(25)24(12-14-4-5-14)19-9-7-15(10-17(19)21(27)28-3)18-8-6-16(11-23-18)20(26)22-2/h6-11,14H,4-5,12H2,1-3H3,(H,22,26). The van der Waals surface area contributed by atoms with Gasteiger partial charge >= 0.3 is 5.97 Å². The fraction of sp³-hybridized carbons (Fsp3) is 0.333. The van der Waals surface area contributed by atoms with Gasteiger partial charge in [-0.05, 0) is 43.0 Å². The molecule has 1 aromatic carbocycles. The Morgan fingerprint density at radius 2 is 1.96 bits per heavy atom. The Kier molecular flexibility index (Phi) is 5.73. The van der Waals surface area contributed by atoms with Gasteiger partial charge < -0.3 is 15.0 Å². The SMILES string of the molecule is CNC(=O)c1ccc(-c2ccc(N(CC3CC3)C(C)=O)c(C(=O)OC)c2)nc1. The average molecular weight is 381 g/mol. The minimum Gasteiger partial charge on any atom is -0.465 e. The second kappa shape index (κ2) is 8.21. The van der Waals surface area contributed by atoms with Crippen molar-refractivity contribution in [1.82, 2.24) is 10.3 Å². The van der Waals surface area contributed by atoms with Gasteiger partial charge in [0.05, 0.1) is 29.6 Å². The number of benzene rings is 1. The molecule has 0 unspecified atom stereocenters. The molecular formula is C21H23N3O4. The number of nitrogens with zero attached hydrogens (tertiary/aromatic N) is 2. The third-order valence-electron chi connectivity index (χ3n) is 4.76. The Morgan fingerprint density at radius 3 is 2.50 bits per heavy atom. The molecule has 2 aromatic rings. The van der Waals surface area contributed by atoms with Gasteiger partial charge in [-0.1, -0.05) is 6.07 Å². The lowest BCUT2D eigenvalue weighted by Gasteiger charge is -2.23. The summed E-state index contributed by atoms with van der Waals surface area (Å²) in [7, 11) is 2.87. The molecule has 146 valence electrons. The zero-order valence-electron chi connectivity index (χ0n) is 16.2. The lowest BCUT2D eigenvalue weighted by molar-refractivity contribution is -0.116. The molecule has 1 aromatic heterocycles. The van der Waals surface area contributed by atoms with Crippen molar-refractivity contribution in [3.8, 4) is 11.3 Å². The van der Waals surface area contributed by atoms with Crippen LogP contribution < -0.4 is 10.2 Å². The van der Waals surface area contributed by atoms with Crippen LogP contribution in [0.15, 0.2) is 36.5 Å². The lowest BCUT2D eigenvalue weighted by Crippen LogP contribution is -2.32. The number of pyridine rings is 1. The zero-order valence-corrected chi connectivity index (χ0v) is 16.2. The number of amides is 2. The molecule has 1 aliphatic rings. The van der Waals surface area contributed by atoms with Crippen molar-refractivity contribution in [2.75, 3.05) is 25.6 Å². The van der Waals surface area contributed by atoms with Gasteiger partial charge in [-0.2, -0.15) is 0 Å². The van der Waals surface area contributed by atoms with Crippen molar-refractivity contribution in [3.05, 3.63) is 47.7 Å². The van der Waals surface area contributed by atoms with E-state index in [2.05, 4.69) is 10.3 Å². The molecule has 28 heavy (non-hydrogen) atoms. The number of carbonyl (C=O) groups excluding carboxylic acids is 3. The third kappa shape index (κ3) is 4.19. The number of carbonyl (C=O) groups is 3. The molecule has 1 aliphatic carbocycles. The molecule has 1 saturated carbocycles. The van der Waals surface area contributed by atoms with Crippen LogP contribution in [0.4, 0.5) is 5.69 Å². The molecule has 3 rings (SSSR count). The van der Waals surface area contributed by atoms with Crippen LogP contribution >= 0.6 is 0 Å². The minimum atomic E-state index is -0.513. The highest BCUT2D eigenvalue weighted by atomic mass is 16.5. The highest BCUT2D eigenvalue weighted by Crippen LogP contribution is 2.34. The summed E-state index contributed by atoms with van der Waals surface area (Å²) in [5.74, 6) is -0.367. The molecule has 0 radical (unpaired) electrons. The van der Waals surface area contributed by atoms with Gasteiger partial charge in [-0.25, -0.2) is 4.79 Å². The van der Waals surface area contributed by atoms with E-state index in [-0.39, 0.29) is 11.8 Å². The molecule has 0 bridgehead atoms. The van der Waals surface area contributed by atoms with Gasteiger partial charge in [0.1, 0.15) is 0 Å². The van der Waals surface area contributed by atoms with Gasteiger partial charge in [0, 0.05) is 32.3 Å². The van der Waals surface area contributed by atoms with Crippen molar-refractivity contribution in [3.63, 3.8) is 0 Å². The van der Waals surface area contributed by atoms with E-state index in [9.17, 15) is 14.4 Å². The smallest absolute Gasteiger partial charge is 0.340 e. The molecule has 1 N–H and O–H groups in total. The summed E-state index contributed by atoms with van der Waals surface area (Å²) in [6.07, 6.45) is 3.67. The van der Waals surface area contributed by atoms with E-state index < -0.39 is 5.97 Å². The van der Waals surface area contributed by atoms with E-state index in [0.29, 0.717) is 40.5 Å². The molecule has 0 atom stereocenters. The number of aromatic nitrogens is 1. The van der Waals surface area contributed by atoms with Gasteiger partial charge in [-0.3, -0.25) is 14.6 Å². The summed E-state index contributed by atoms with van der Waals surface area (Å²) in [4.78, 5) is 42.2. The van der Waals surface area contributed by atoms with E-state index >= 15 is 0 Å². The van der Waals surface area contributed by atoms with Crippen LogP contribution in [0, 0.1) is 5.92 Å². The van der Waals surface area contributed by atoms with Crippen LogP contribution in [-0.2, 0) is 9.53 Å². The summed E-state index contributed by atoms with van der Waals surface area (Å²) in [5, 5.41) is 2.55. The fourth-order valence-corrected chi connectivity index (χ4v) is 3.00. The number of rotatable bonds is 6. The Bertz CT molecular complexity index is 904. The number of nitrogens with one attached hydrogen (secondary N) is 1. The summed E-state index contributed by atoms with van der Waals surface area (Å²) < 4.78 is 4.93. The topological polar surface area (TPSA) is 88.6 Å². The number of ether oxygens (including phenoxy) is 1. The molecule has 1 heterocycles. The van der Waals surface area contributed by atoms with Gasteiger partial charge in [0.25, 0.3) is 5.91 Å². The number of methoxy groups -OCH3 is 1. The van der Waals surface area contributed by atoms with E-state index in [1.165, 1.54) is 20.2 Å². The number of anilines is 1. The normalized spacial score (nSPS) is 13.0. The van der Waals surface area contributed by atoms with Crippen LogP contribution in [-0.4, -0.2) is 43.5 Å². The minimum absolute atomic E-state index is 0.113. The second-order valence-corrected chi connectivity index (χ2v) is 6.81. The Morgan fingerprint density at radius 1 is 1.21 bits per heavy atom. The quantitative estimate of drug-likeness (QED) is 0.777. The van der Waals surface area contributed by atoms with Crippen LogP contribution in [0.1, 0.15) is 40.5 Å².